The lowest BCUT2D eigenvalue weighted by atomic mass is 9.77. The van der Waals surface area contributed by atoms with Gasteiger partial charge in [0.15, 0.2) is 0 Å². The minimum atomic E-state index is 0.383. The summed E-state index contributed by atoms with van der Waals surface area (Å²) in [6, 6.07) is 8.30. The van der Waals surface area contributed by atoms with Gasteiger partial charge in [0.1, 0.15) is 5.75 Å². The monoisotopic (exact) mass is 275 g/mol. The van der Waals surface area contributed by atoms with Gasteiger partial charge >= 0.3 is 0 Å². The third-order valence-corrected chi connectivity index (χ3v) is 4.65. The first-order valence-corrected chi connectivity index (χ1v) is 8.20. The standard InChI is InChI=1S/C18H29NO/c1-3-11-19-18(16-9-7-14(2)8-10-16)13-15-5-4-6-17(20)12-15/h4-6,12,14,16,18-20H,3,7-11,13H2,1-2H3. The van der Waals surface area contributed by atoms with Crippen LogP contribution in [0.1, 0.15) is 51.5 Å². The fraction of sp³-hybridized carbons (Fsp3) is 0.667. The lowest BCUT2D eigenvalue weighted by Crippen LogP contribution is -2.40. The molecule has 1 aromatic rings. The molecule has 2 heteroatoms. The van der Waals surface area contributed by atoms with Gasteiger partial charge in [-0.1, -0.05) is 38.8 Å². The first-order valence-electron chi connectivity index (χ1n) is 8.20. The lowest BCUT2D eigenvalue weighted by molar-refractivity contribution is 0.229. The molecule has 2 N–H and O–H groups in total. The second-order valence-corrected chi connectivity index (χ2v) is 6.45. The first-order chi connectivity index (χ1) is 9.69. The first kappa shape index (κ1) is 15.4. The van der Waals surface area contributed by atoms with Gasteiger partial charge in [-0.2, -0.15) is 0 Å². The zero-order valence-corrected chi connectivity index (χ0v) is 12.9. The number of phenolic OH excluding ortho intramolecular Hbond substituents is 1. The molecule has 0 radical (unpaired) electrons. The molecule has 1 saturated carbocycles. The molecule has 1 aliphatic carbocycles. The highest BCUT2D eigenvalue weighted by Gasteiger charge is 2.25. The Bertz CT molecular complexity index is 396. The van der Waals surface area contributed by atoms with Gasteiger partial charge in [0.25, 0.3) is 0 Å². The van der Waals surface area contributed by atoms with Crippen LogP contribution in [0.4, 0.5) is 0 Å². The highest BCUT2D eigenvalue weighted by molar-refractivity contribution is 5.27. The molecule has 1 atom stereocenters. The number of benzene rings is 1. The second-order valence-electron chi connectivity index (χ2n) is 6.45. The Kier molecular flexibility index (Phi) is 5.90. The minimum Gasteiger partial charge on any atom is -0.508 e. The van der Waals surface area contributed by atoms with Gasteiger partial charge in [-0.25, -0.2) is 0 Å². The molecule has 0 amide bonds. The molecule has 112 valence electrons. The van der Waals surface area contributed by atoms with E-state index in [4.69, 9.17) is 0 Å². The summed E-state index contributed by atoms with van der Waals surface area (Å²) in [6.45, 7) is 5.69. The van der Waals surface area contributed by atoms with E-state index in [1.807, 2.05) is 12.1 Å². The maximum absolute atomic E-state index is 9.63. The van der Waals surface area contributed by atoms with E-state index in [2.05, 4.69) is 25.2 Å². The van der Waals surface area contributed by atoms with Crippen molar-refractivity contribution in [1.29, 1.82) is 0 Å². The van der Waals surface area contributed by atoms with Crippen LogP contribution in [-0.4, -0.2) is 17.7 Å². The quantitative estimate of drug-likeness (QED) is 0.818. The van der Waals surface area contributed by atoms with Crippen molar-refractivity contribution in [3.05, 3.63) is 29.8 Å². The highest BCUT2D eigenvalue weighted by atomic mass is 16.3. The van der Waals surface area contributed by atoms with E-state index < -0.39 is 0 Å². The summed E-state index contributed by atoms with van der Waals surface area (Å²) in [7, 11) is 0. The molecular weight excluding hydrogens is 246 g/mol. The van der Waals surface area contributed by atoms with Crippen molar-refractivity contribution in [3.8, 4) is 5.75 Å². The Balaban J connectivity index is 1.99. The Labute approximate surface area is 123 Å². The SMILES string of the molecule is CCCNC(Cc1cccc(O)c1)C1CCC(C)CC1. The molecule has 1 unspecified atom stereocenters. The van der Waals surface area contributed by atoms with Gasteiger partial charge in [0, 0.05) is 6.04 Å². The number of rotatable bonds is 6. The summed E-state index contributed by atoms with van der Waals surface area (Å²) < 4.78 is 0. The third kappa shape index (κ3) is 4.52. The van der Waals surface area contributed by atoms with Crippen molar-refractivity contribution >= 4 is 0 Å². The van der Waals surface area contributed by atoms with Crippen LogP contribution in [0.3, 0.4) is 0 Å². The number of nitrogens with one attached hydrogen (secondary N) is 1. The van der Waals surface area contributed by atoms with Gasteiger partial charge in [0.2, 0.25) is 0 Å². The van der Waals surface area contributed by atoms with E-state index in [-0.39, 0.29) is 0 Å². The summed E-state index contributed by atoms with van der Waals surface area (Å²) >= 11 is 0. The fourth-order valence-electron chi connectivity index (χ4n) is 3.36. The number of phenols is 1. The van der Waals surface area contributed by atoms with Crippen molar-refractivity contribution in [1.82, 2.24) is 5.32 Å². The largest absolute Gasteiger partial charge is 0.508 e. The van der Waals surface area contributed by atoms with Crippen LogP contribution < -0.4 is 5.32 Å². The highest BCUT2D eigenvalue weighted by Crippen LogP contribution is 2.31. The molecule has 0 saturated heterocycles. The summed E-state index contributed by atoms with van der Waals surface area (Å²) in [5.74, 6) is 2.08. The fourth-order valence-corrected chi connectivity index (χ4v) is 3.36. The Morgan fingerprint density at radius 1 is 1.25 bits per heavy atom. The molecule has 2 rings (SSSR count). The van der Waals surface area contributed by atoms with Crippen molar-refractivity contribution in [2.75, 3.05) is 6.54 Å². The number of aromatic hydroxyl groups is 1. The molecule has 0 bridgehead atoms. The van der Waals surface area contributed by atoms with Crippen molar-refractivity contribution < 1.29 is 5.11 Å². The van der Waals surface area contributed by atoms with E-state index in [0.717, 1.165) is 24.8 Å². The molecule has 1 fully saturated rings. The number of hydrogen-bond donors (Lipinski definition) is 2. The van der Waals surface area contributed by atoms with E-state index in [1.165, 1.54) is 37.7 Å². The third-order valence-electron chi connectivity index (χ3n) is 4.65. The lowest BCUT2D eigenvalue weighted by Gasteiger charge is -2.33. The maximum Gasteiger partial charge on any atom is 0.115 e. The van der Waals surface area contributed by atoms with Gasteiger partial charge in [-0.3, -0.25) is 0 Å². The van der Waals surface area contributed by atoms with Crippen molar-refractivity contribution in [3.63, 3.8) is 0 Å². The Morgan fingerprint density at radius 3 is 2.65 bits per heavy atom. The zero-order valence-electron chi connectivity index (χ0n) is 12.9. The van der Waals surface area contributed by atoms with Gasteiger partial charge in [0.05, 0.1) is 0 Å². The zero-order chi connectivity index (χ0) is 14.4. The van der Waals surface area contributed by atoms with Crippen LogP contribution in [0, 0.1) is 11.8 Å². The van der Waals surface area contributed by atoms with E-state index in [0.29, 0.717) is 11.8 Å². The van der Waals surface area contributed by atoms with Crippen molar-refractivity contribution in [2.45, 2.75) is 58.4 Å². The molecule has 2 nitrogen and oxygen atoms in total. The van der Waals surface area contributed by atoms with E-state index in [1.54, 1.807) is 6.07 Å². The van der Waals surface area contributed by atoms with Crippen LogP contribution >= 0.6 is 0 Å². The Hall–Kier alpha value is -1.02. The molecule has 20 heavy (non-hydrogen) atoms. The topological polar surface area (TPSA) is 32.3 Å². The van der Waals surface area contributed by atoms with Crippen LogP contribution in [0.25, 0.3) is 0 Å². The molecule has 0 heterocycles. The van der Waals surface area contributed by atoms with Gasteiger partial charge in [-0.05, 0) is 61.8 Å². The average molecular weight is 275 g/mol. The van der Waals surface area contributed by atoms with Gasteiger partial charge < -0.3 is 10.4 Å². The smallest absolute Gasteiger partial charge is 0.115 e. The van der Waals surface area contributed by atoms with E-state index in [9.17, 15) is 5.11 Å². The molecule has 1 aromatic carbocycles. The summed E-state index contributed by atoms with van der Waals surface area (Å²) in [5.41, 5.74) is 1.25. The summed E-state index contributed by atoms with van der Waals surface area (Å²) in [5, 5.41) is 13.4. The van der Waals surface area contributed by atoms with Gasteiger partial charge in [-0.15, -0.1) is 0 Å². The second kappa shape index (κ2) is 7.68. The van der Waals surface area contributed by atoms with E-state index >= 15 is 0 Å². The molecule has 1 aliphatic rings. The van der Waals surface area contributed by atoms with Crippen molar-refractivity contribution in [2.24, 2.45) is 11.8 Å². The maximum atomic E-state index is 9.63. The van der Waals surface area contributed by atoms with Crippen LogP contribution in [0.2, 0.25) is 0 Å². The van der Waals surface area contributed by atoms with Crippen LogP contribution in [0.5, 0.6) is 5.75 Å². The predicted molar refractivity (Wildman–Crippen MR) is 85.0 cm³/mol. The Morgan fingerprint density at radius 2 is 2.00 bits per heavy atom. The number of hydrogen-bond acceptors (Lipinski definition) is 2. The predicted octanol–water partition coefficient (Wildman–Crippen LogP) is 4.13. The summed E-state index contributed by atoms with van der Waals surface area (Å²) in [6.07, 6.45) is 7.65. The minimum absolute atomic E-state index is 0.383. The molecular formula is C18H29NO. The molecule has 0 aliphatic heterocycles. The van der Waals surface area contributed by atoms with Crippen LogP contribution in [0.15, 0.2) is 24.3 Å². The normalized spacial score (nSPS) is 24.5. The van der Waals surface area contributed by atoms with Crippen LogP contribution in [-0.2, 0) is 6.42 Å². The molecule has 0 spiro atoms. The summed E-state index contributed by atoms with van der Waals surface area (Å²) in [4.78, 5) is 0. The average Bonchev–Trinajstić information content (AvgIpc) is 2.44. The molecule has 0 aromatic heterocycles.